The van der Waals surface area contributed by atoms with Crippen molar-refractivity contribution in [1.29, 1.82) is 0 Å². The Morgan fingerprint density at radius 2 is 1.52 bits per heavy atom. The average molecular weight is 595 g/mol. The number of carbonyl (C=O) groups excluding carboxylic acids is 3. The number of nitrogens with zero attached hydrogens (tertiary/aromatic N) is 5. The van der Waals surface area contributed by atoms with Crippen LogP contribution in [-0.2, 0) is 9.47 Å². The topological polar surface area (TPSA) is 122 Å². The highest BCUT2D eigenvalue weighted by atomic mass is 32.1. The zero-order valence-corrected chi connectivity index (χ0v) is 25.4. The van der Waals surface area contributed by atoms with E-state index < -0.39 is 11.6 Å². The van der Waals surface area contributed by atoms with Crippen LogP contribution in [0.15, 0.2) is 36.5 Å². The number of ether oxygens (including phenoxy) is 2. The number of hydrogen-bond acceptors (Lipinski definition) is 10. The van der Waals surface area contributed by atoms with Gasteiger partial charge >= 0.3 is 12.1 Å². The molecule has 2 aliphatic heterocycles. The molecule has 2 fully saturated rings. The fourth-order valence-electron chi connectivity index (χ4n) is 5.37. The molecule has 2 N–H and O–H groups in total. The monoisotopic (exact) mass is 594 g/mol. The largest absolute Gasteiger partial charge is 0.465 e. The number of amides is 2. The van der Waals surface area contributed by atoms with E-state index in [9.17, 15) is 14.4 Å². The average Bonchev–Trinajstić information content (AvgIpc) is 3.15. The summed E-state index contributed by atoms with van der Waals surface area (Å²) in [6.45, 7) is 10.7. The van der Waals surface area contributed by atoms with Crippen LogP contribution in [0.25, 0.3) is 10.2 Å². The maximum Gasteiger partial charge on any atom is 0.410 e. The molecule has 0 saturated carbocycles. The van der Waals surface area contributed by atoms with Crippen LogP contribution >= 0.6 is 11.3 Å². The molecule has 3 aromatic rings. The third kappa shape index (κ3) is 6.23. The molecule has 0 radical (unpaired) electrons. The number of methoxy groups -OCH3 is 1. The molecule has 0 aliphatic carbocycles. The number of benzene rings is 1. The lowest BCUT2D eigenvalue weighted by molar-refractivity contribution is 0.0141. The first-order valence-corrected chi connectivity index (χ1v) is 15.0. The summed E-state index contributed by atoms with van der Waals surface area (Å²) in [6, 6.07) is 9.73. The van der Waals surface area contributed by atoms with Gasteiger partial charge in [-0.3, -0.25) is 4.79 Å². The molecule has 0 spiro atoms. The maximum atomic E-state index is 13.2. The Bertz CT molecular complexity index is 1460. The van der Waals surface area contributed by atoms with E-state index in [1.807, 2.05) is 51.1 Å². The van der Waals surface area contributed by atoms with E-state index in [0.717, 1.165) is 54.2 Å². The molecule has 0 atom stereocenters. The van der Waals surface area contributed by atoms with Crippen molar-refractivity contribution in [2.45, 2.75) is 32.8 Å². The Kier molecular flexibility index (Phi) is 8.44. The Balaban J connectivity index is 1.21. The number of pyridine rings is 1. The Morgan fingerprint density at radius 1 is 0.881 bits per heavy atom. The molecule has 12 heteroatoms. The number of esters is 1. The lowest BCUT2D eigenvalue weighted by Crippen LogP contribution is -2.51. The normalized spacial score (nSPS) is 16.4. The number of hydrogen-bond donors (Lipinski definition) is 1. The van der Waals surface area contributed by atoms with Crippen LogP contribution < -0.4 is 15.5 Å². The van der Waals surface area contributed by atoms with Crippen molar-refractivity contribution < 1.29 is 23.9 Å². The van der Waals surface area contributed by atoms with E-state index in [0.29, 0.717) is 42.3 Å². The SMILES string of the molecule is COC(=O)c1sc2nccc(N3CCCN(c4ccc(C(=O)N5CCN(C(=O)OC(C)(C)C)CC5)cc4)CC3)c2c1N. The van der Waals surface area contributed by atoms with E-state index in [1.54, 1.807) is 16.0 Å². The van der Waals surface area contributed by atoms with Gasteiger partial charge < -0.3 is 34.8 Å². The number of nitrogen functional groups attached to an aromatic ring is 1. The maximum absolute atomic E-state index is 13.2. The van der Waals surface area contributed by atoms with Crippen molar-refractivity contribution in [3.8, 4) is 0 Å². The highest BCUT2D eigenvalue weighted by molar-refractivity contribution is 7.21. The van der Waals surface area contributed by atoms with Crippen molar-refractivity contribution in [3.63, 3.8) is 0 Å². The Labute approximate surface area is 249 Å². The number of rotatable bonds is 4. The highest BCUT2D eigenvalue weighted by Crippen LogP contribution is 2.39. The predicted molar refractivity (Wildman–Crippen MR) is 165 cm³/mol. The van der Waals surface area contributed by atoms with Gasteiger partial charge in [0.1, 0.15) is 15.3 Å². The molecule has 5 rings (SSSR count). The second-order valence-corrected chi connectivity index (χ2v) is 12.5. The van der Waals surface area contributed by atoms with Crippen LogP contribution in [-0.4, -0.2) is 97.8 Å². The molecule has 1 aromatic carbocycles. The lowest BCUT2D eigenvalue weighted by Gasteiger charge is -2.35. The van der Waals surface area contributed by atoms with Gasteiger partial charge in [-0.1, -0.05) is 0 Å². The van der Waals surface area contributed by atoms with Crippen LogP contribution in [0.2, 0.25) is 0 Å². The second kappa shape index (κ2) is 12.0. The fraction of sp³-hybridized carbons (Fsp3) is 0.467. The number of piperazine rings is 1. The molecular weight excluding hydrogens is 556 g/mol. The van der Waals surface area contributed by atoms with Crippen LogP contribution in [0, 0.1) is 0 Å². The third-order valence-electron chi connectivity index (χ3n) is 7.51. The van der Waals surface area contributed by atoms with Crippen LogP contribution in [0.3, 0.4) is 0 Å². The van der Waals surface area contributed by atoms with Gasteiger partial charge in [-0.2, -0.15) is 0 Å². The number of carbonyl (C=O) groups is 3. The van der Waals surface area contributed by atoms with Crippen LogP contribution in [0.1, 0.15) is 47.2 Å². The number of nitrogens with two attached hydrogens (primary N) is 1. The summed E-state index contributed by atoms with van der Waals surface area (Å²) < 4.78 is 10.4. The summed E-state index contributed by atoms with van der Waals surface area (Å²) in [7, 11) is 1.35. The first-order valence-electron chi connectivity index (χ1n) is 14.2. The molecule has 4 heterocycles. The van der Waals surface area contributed by atoms with Crippen molar-refractivity contribution in [2.75, 3.05) is 75.0 Å². The predicted octanol–water partition coefficient (Wildman–Crippen LogP) is 4.07. The van der Waals surface area contributed by atoms with Crippen molar-refractivity contribution in [3.05, 3.63) is 47.0 Å². The van der Waals surface area contributed by atoms with E-state index >= 15 is 0 Å². The minimum atomic E-state index is -0.545. The smallest absolute Gasteiger partial charge is 0.410 e. The van der Waals surface area contributed by atoms with Crippen molar-refractivity contribution >= 4 is 56.6 Å². The van der Waals surface area contributed by atoms with Gasteiger partial charge in [-0.05, 0) is 57.5 Å². The summed E-state index contributed by atoms with van der Waals surface area (Å²) in [6.07, 6.45) is 2.35. The van der Waals surface area contributed by atoms with Gasteiger partial charge in [-0.25, -0.2) is 14.6 Å². The van der Waals surface area contributed by atoms with Gasteiger partial charge in [0.25, 0.3) is 5.91 Å². The van der Waals surface area contributed by atoms with Gasteiger partial charge in [0.05, 0.1) is 23.9 Å². The molecule has 11 nitrogen and oxygen atoms in total. The first kappa shape index (κ1) is 29.4. The zero-order valence-electron chi connectivity index (χ0n) is 24.6. The van der Waals surface area contributed by atoms with Gasteiger partial charge in [0.2, 0.25) is 0 Å². The van der Waals surface area contributed by atoms with Gasteiger partial charge in [0, 0.05) is 69.8 Å². The quantitative estimate of drug-likeness (QED) is 0.446. The molecule has 0 unspecified atom stereocenters. The molecular formula is C30H38N6O5S. The highest BCUT2D eigenvalue weighted by Gasteiger charge is 2.28. The van der Waals surface area contributed by atoms with Crippen molar-refractivity contribution in [1.82, 2.24) is 14.8 Å². The minimum absolute atomic E-state index is 0.0335. The van der Waals surface area contributed by atoms with Gasteiger partial charge in [-0.15, -0.1) is 11.3 Å². The van der Waals surface area contributed by atoms with Crippen LogP contribution in [0.4, 0.5) is 21.9 Å². The van der Waals surface area contributed by atoms with Crippen molar-refractivity contribution in [2.24, 2.45) is 0 Å². The van der Waals surface area contributed by atoms with Gasteiger partial charge in [0.15, 0.2) is 0 Å². The fourth-order valence-corrected chi connectivity index (χ4v) is 6.37. The number of anilines is 3. The number of fused-ring (bicyclic) bond motifs is 1. The van der Waals surface area contributed by atoms with E-state index in [1.165, 1.54) is 18.4 Å². The lowest BCUT2D eigenvalue weighted by atomic mass is 10.1. The Hall–Kier alpha value is -4.06. The summed E-state index contributed by atoms with van der Waals surface area (Å²) in [5, 5.41) is 0.797. The minimum Gasteiger partial charge on any atom is -0.465 e. The first-order chi connectivity index (χ1) is 20.1. The number of thiophene rings is 1. The van der Waals surface area contributed by atoms with E-state index in [4.69, 9.17) is 15.2 Å². The second-order valence-electron chi connectivity index (χ2n) is 11.5. The molecule has 0 bridgehead atoms. The summed E-state index contributed by atoms with van der Waals surface area (Å²) in [5.74, 6) is -0.484. The summed E-state index contributed by atoms with van der Waals surface area (Å²) in [4.78, 5) is 51.3. The van der Waals surface area contributed by atoms with E-state index in [-0.39, 0.29) is 12.0 Å². The standard InChI is InChI=1S/C30H38N6O5S/c1-30(2,3)41-29(39)36-18-16-35(17-19-36)27(37)20-6-8-21(9-7-20)33-12-5-13-34(15-14-33)22-10-11-32-26-23(22)24(31)25(42-26)28(38)40-4/h6-11H,5,12-19,31H2,1-4H3. The Morgan fingerprint density at radius 3 is 2.19 bits per heavy atom. The molecule has 2 aromatic heterocycles. The molecule has 224 valence electrons. The molecule has 2 saturated heterocycles. The molecule has 2 aliphatic rings. The molecule has 42 heavy (non-hydrogen) atoms. The van der Waals surface area contributed by atoms with E-state index in [2.05, 4.69) is 14.8 Å². The molecule has 2 amide bonds. The zero-order chi connectivity index (χ0) is 30.0. The summed E-state index contributed by atoms with van der Waals surface area (Å²) in [5.41, 5.74) is 8.93. The number of aromatic nitrogens is 1. The third-order valence-corrected chi connectivity index (χ3v) is 8.61. The summed E-state index contributed by atoms with van der Waals surface area (Å²) >= 11 is 1.25. The van der Waals surface area contributed by atoms with Crippen LogP contribution in [0.5, 0.6) is 0 Å².